The van der Waals surface area contributed by atoms with Crippen LogP contribution < -0.4 is 20.1 Å². The molecule has 0 unspecified atom stereocenters. The SMILES string of the molecule is CCCN=C(NCCc1ccco1)Nc1ccc(OC)c(OC)c1. The summed E-state index contributed by atoms with van der Waals surface area (Å²) in [4.78, 5) is 4.55. The average molecular weight is 331 g/mol. The molecule has 0 fully saturated rings. The largest absolute Gasteiger partial charge is 0.493 e. The molecule has 0 radical (unpaired) electrons. The summed E-state index contributed by atoms with van der Waals surface area (Å²) in [7, 11) is 3.24. The van der Waals surface area contributed by atoms with Crippen LogP contribution in [0.5, 0.6) is 11.5 Å². The van der Waals surface area contributed by atoms with Gasteiger partial charge in [0.25, 0.3) is 0 Å². The van der Waals surface area contributed by atoms with E-state index < -0.39 is 0 Å². The Kier molecular flexibility index (Phi) is 7.01. The standard InChI is InChI=1S/C18H25N3O3/c1-4-10-19-18(20-11-9-15-6-5-12-24-15)21-14-7-8-16(22-2)17(13-14)23-3/h5-8,12-13H,4,9-11H2,1-3H3,(H2,19,20,21). The minimum absolute atomic E-state index is 0.674. The Morgan fingerprint density at radius 3 is 2.67 bits per heavy atom. The number of hydrogen-bond donors (Lipinski definition) is 2. The number of ether oxygens (including phenoxy) is 2. The number of aliphatic imine (C=N–C) groups is 1. The second-order valence-corrected chi connectivity index (χ2v) is 5.18. The third kappa shape index (κ3) is 5.22. The normalized spacial score (nSPS) is 11.2. The van der Waals surface area contributed by atoms with Gasteiger partial charge >= 0.3 is 0 Å². The zero-order valence-corrected chi connectivity index (χ0v) is 14.5. The fourth-order valence-electron chi connectivity index (χ4n) is 2.17. The summed E-state index contributed by atoms with van der Waals surface area (Å²) < 4.78 is 15.9. The van der Waals surface area contributed by atoms with E-state index in [2.05, 4.69) is 22.5 Å². The number of methoxy groups -OCH3 is 2. The molecule has 0 bridgehead atoms. The van der Waals surface area contributed by atoms with Gasteiger partial charge in [-0.2, -0.15) is 0 Å². The number of benzene rings is 1. The number of hydrogen-bond acceptors (Lipinski definition) is 4. The molecule has 130 valence electrons. The van der Waals surface area contributed by atoms with E-state index in [1.807, 2.05) is 30.3 Å². The Hall–Kier alpha value is -2.63. The molecule has 2 aromatic rings. The molecule has 24 heavy (non-hydrogen) atoms. The average Bonchev–Trinajstić information content (AvgIpc) is 3.12. The molecule has 2 rings (SSSR count). The molecule has 0 saturated carbocycles. The van der Waals surface area contributed by atoms with Crippen molar-refractivity contribution in [3.8, 4) is 11.5 Å². The van der Waals surface area contributed by atoms with Gasteiger partial charge in [-0.15, -0.1) is 0 Å². The highest BCUT2D eigenvalue weighted by Gasteiger charge is 2.06. The molecule has 0 aliphatic rings. The highest BCUT2D eigenvalue weighted by Crippen LogP contribution is 2.29. The van der Waals surface area contributed by atoms with Crippen molar-refractivity contribution in [1.29, 1.82) is 0 Å². The van der Waals surface area contributed by atoms with Crippen LogP contribution in [0.1, 0.15) is 19.1 Å². The van der Waals surface area contributed by atoms with E-state index in [1.165, 1.54) is 0 Å². The molecule has 0 aliphatic carbocycles. The highest BCUT2D eigenvalue weighted by atomic mass is 16.5. The van der Waals surface area contributed by atoms with Crippen molar-refractivity contribution in [3.63, 3.8) is 0 Å². The van der Waals surface area contributed by atoms with Gasteiger partial charge in [0.05, 0.1) is 20.5 Å². The van der Waals surface area contributed by atoms with Gasteiger partial charge in [0.15, 0.2) is 17.5 Å². The second-order valence-electron chi connectivity index (χ2n) is 5.18. The lowest BCUT2D eigenvalue weighted by Crippen LogP contribution is -2.32. The minimum Gasteiger partial charge on any atom is -0.493 e. The maximum absolute atomic E-state index is 5.34. The molecule has 6 nitrogen and oxygen atoms in total. The van der Waals surface area contributed by atoms with Gasteiger partial charge in [0.2, 0.25) is 0 Å². The number of nitrogens with one attached hydrogen (secondary N) is 2. The van der Waals surface area contributed by atoms with Crippen LogP contribution in [0.15, 0.2) is 46.0 Å². The van der Waals surface area contributed by atoms with Crippen LogP contribution >= 0.6 is 0 Å². The Balaban J connectivity index is 1.99. The summed E-state index contributed by atoms with van der Waals surface area (Å²) >= 11 is 0. The summed E-state index contributed by atoms with van der Waals surface area (Å²) in [6.07, 6.45) is 3.46. The fourth-order valence-corrected chi connectivity index (χ4v) is 2.17. The van der Waals surface area contributed by atoms with Crippen LogP contribution in [0.3, 0.4) is 0 Å². The van der Waals surface area contributed by atoms with Crippen molar-refractivity contribution in [2.45, 2.75) is 19.8 Å². The molecule has 1 aromatic heterocycles. The first kappa shape index (κ1) is 17.7. The zero-order valence-electron chi connectivity index (χ0n) is 14.5. The molecule has 0 saturated heterocycles. The van der Waals surface area contributed by atoms with E-state index in [1.54, 1.807) is 20.5 Å². The fraction of sp³-hybridized carbons (Fsp3) is 0.389. The molecule has 0 amide bonds. The van der Waals surface area contributed by atoms with Crippen molar-refractivity contribution < 1.29 is 13.9 Å². The number of guanidine groups is 1. The van der Waals surface area contributed by atoms with Gasteiger partial charge in [-0.25, -0.2) is 0 Å². The Labute approximate surface area is 142 Å². The molecular formula is C18H25N3O3. The van der Waals surface area contributed by atoms with E-state index in [9.17, 15) is 0 Å². The van der Waals surface area contributed by atoms with Gasteiger partial charge in [0.1, 0.15) is 5.76 Å². The van der Waals surface area contributed by atoms with Crippen molar-refractivity contribution in [3.05, 3.63) is 42.4 Å². The first-order chi connectivity index (χ1) is 11.8. The first-order valence-electron chi connectivity index (χ1n) is 8.06. The maximum Gasteiger partial charge on any atom is 0.195 e. The minimum atomic E-state index is 0.674. The number of furan rings is 1. The van der Waals surface area contributed by atoms with Crippen LogP contribution in [0.2, 0.25) is 0 Å². The monoisotopic (exact) mass is 331 g/mol. The lowest BCUT2D eigenvalue weighted by atomic mass is 10.2. The molecule has 0 atom stereocenters. The van der Waals surface area contributed by atoms with Gasteiger partial charge in [0, 0.05) is 31.3 Å². The Morgan fingerprint density at radius 1 is 1.17 bits per heavy atom. The predicted molar refractivity (Wildman–Crippen MR) is 96.2 cm³/mol. The lowest BCUT2D eigenvalue weighted by molar-refractivity contribution is 0.355. The van der Waals surface area contributed by atoms with Crippen LogP contribution in [-0.4, -0.2) is 33.3 Å². The molecule has 0 spiro atoms. The Morgan fingerprint density at radius 2 is 2.00 bits per heavy atom. The second kappa shape index (κ2) is 9.50. The first-order valence-corrected chi connectivity index (χ1v) is 8.06. The number of nitrogens with zero attached hydrogens (tertiary/aromatic N) is 1. The Bertz CT molecular complexity index is 639. The van der Waals surface area contributed by atoms with Crippen molar-refractivity contribution in [1.82, 2.24) is 5.32 Å². The lowest BCUT2D eigenvalue weighted by Gasteiger charge is -2.14. The number of anilines is 1. The molecule has 1 heterocycles. The number of rotatable bonds is 8. The summed E-state index contributed by atoms with van der Waals surface area (Å²) in [5, 5.41) is 6.61. The molecule has 1 aromatic carbocycles. The smallest absolute Gasteiger partial charge is 0.195 e. The van der Waals surface area contributed by atoms with E-state index >= 15 is 0 Å². The van der Waals surface area contributed by atoms with Crippen molar-refractivity contribution in [2.24, 2.45) is 4.99 Å². The van der Waals surface area contributed by atoms with Gasteiger partial charge in [-0.05, 0) is 30.7 Å². The van der Waals surface area contributed by atoms with Gasteiger partial charge < -0.3 is 24.5 Å². The summed E-state index contributed by atoms with van der Waals surface area (Å²) in [6.45, 7) is 3.58. The van der Waals surface area contributed by atoms with Crippen LogP contribution in [0.4, 0.5) is 5.69 Å². The quantitative estimate of drug-likeness (QED) is 0.574. The predicted octanol–water partition coefficient (Wildman–Crippen LogP) is 3.31. The zero-order chi connectivity index (χ0) is 17.2. The van der Waals surface area contributed by atoms with Crippen LogP contribution in [-0.2, 0) is 6.42 Å². The molecule has 2 N–H and O–H groups in total. The van der Waals surface area contributed by atoms with Gasteiger partial charge in [-0.1, -0.05) is 6.92 Å². The van der Waals surface area contributed by atoms with Gasteiger partial charge in [-0.3, -0.25) is 4.99 Å². The molecular weight excluding hydrogens is 306 g/mol. The van der Waals surface area contributed by atoms with E-state index in [-0.39, 0.29) is 0 Å². The van der Waals surface area contributed by atoms with E-state index in [0.29, 0.717) is 11.5 Å². The summed E-state index contributed by atoms with van der Waals surface area (Å²) in [5.74, 6) is 3.05. The summed E-state index contributed by atoms with van der Waals surface area (Å²) in [6, 6.07) is 9.53. The van der Waals surface area contributed by atoms with Crippen molar-refractivity contribution in [2.75, 3.05) is 32.6 Å². The molecule has 6 heteroatoms. The third-order valence-electron chi connectivity index (χ3n) is 3.38. The van der Waals surface area contributed by atoms with E-state index in [0.717, 1.165) is 43.3 Å². The topological polar surface area (TPSA) is 68.0 Å². The highest BCUT2D eigenvalue weighted by molar-refractivity contribution is 5.93. The van der Waals surface area contributed by atoms with E-state index in [4.69, 9.17) is 13.9 Å². The maximum atomic E-state index is 5.34. The van der Waals surface area contributed by atoms with Crippen LogP contribution in [0.25, 0.3) is 0 Å². The van der Waals surface area contributed by atoms with Crippen LogP contribution in [0, 0.1) is 0 Å². The third-order valence-corrected chi connectivity index (χ3v) is 3.38. The van der Waals surface area contributed by atoms with Crippen molar-refractivity contribution >= 4 is 11.6 Å². The summed E-state index contributed by atoms with van der Waals surface area (Å²) in [5.41, 5.74) is 0.882. The molecule has 0 aliphatic heterocycles.